The molecular formula is C30H40N4O4. The van der Waals surface area contributed by atoms with Crippen LogP contribution in [0, 0.1) is 6.92 Å². The molecule has 0 spiro atoms. The van der Waals surface area contributed by atoms with Gasteiger partial charge in [-0.1, -0.05) is 30.3 Å². The second kappa shape index (κ2) is 13.0. The lowest BCUT2D eigenvalue weighted by atomic mass is 9.91. The third kappa shape index (κ3) is 6.62. The highest BCUT2D eigenvalue weighted by Crippen LogP contribution is 2.36. The number of amides is 2. The number of aliphatic hydroxyl groups is 1. The molecule has 1 aromatic heterocycles. The molecule has 1 aliphatic rings. The minimum atomic E-state index is -0.554. The normalized spacial score (nSPS) is 16.5. The van der Waals surface area contributed by atoms with Crippen molar-refractivity contribution >= 4 is 28.4 Å². The standard InChI is InChI=1S/C30H40N4O4/c1-21-26-8-3-4-9-27(26)34(15-6-16-38-2)30(21)23-7-5-14-33(19-23)29(37)18-24(31)17-22-10-12-25(13-11-22)32-28(36)20-35/h3-4,8-13,23-24,35H,5-7,14-20,31H2,1-2H3,(H,32,36). The molecule has 1 fully saturated rings. The van der Waals surface area contributed by atoms with Gasteiger partial charge in [-0.3, -0.25) is 9.59 Å². The van der Waals surface area contributed by atoms with E-state index in [4.69, 9.17) is 15.6 Å². The monoisotopic (exact) mass is 520 g/mol. The average molecular weight is 521 g/mol. The van der Waals surface area contributed by atoms with Gasteiger partial charge in [-0.2, -0.15) is 0 Å². The van der Waals surface area contributed by atoms with Crippen LogP contribution in [-0.2, 0) is 27.3 Å². The predicted octanol–water partition coefficient (Wildman–Crippen LogP) is 3.58. The lowest BCUT2D eigenvalue weighted by Crippen LogP contribution is -2.42. The summed E-state index contributed by atoms with van der Waals surface area (Å²) in [6.45, 7) is 4.76. The molecule has 3 aromatic rings. The van der Waals surface area contributed by atoms with Crippen molar-refractivity contribution in [1.29, 1.82) is 0 Å². The lowest BCUT2D eigenvalue weighted by Gasteiger charge is -2.34. The van der Waals surface area contributed by atoms with Crippen LogP contribution in [-0.4, -0.2) is 65.8 Å². The number of aryl methyl sites for hydroxylation is 2. The number of nitrogens with zero attached hydrogens (tertiary/aromatic N) is 2. The Bertz CT molecular complexity index is 1240. The van der Waals surface area contributed by atoms with Gasteiger partial charge in [0.05, 0.1) is 0 Å². The first-order valence-corrected chi connectivity index (χ1v) is 13.5. The molecule has 2 unspecified atom stereocenters. The van der Waals surface area contributed by atoms with Crippen LogP contribution in [0.5, 0.6) is 0 Å². The molecule has 1 saturated heterocycles. The third-order valence-corrected chi connectivity index (χ3v) is 7.48. The van der Waals surface area contributed by atoms with Crippen LogP contribution in [0.1, 0.15) is 48.4 Å². The van der Waals surface area contributed by atoms with Gasteiger partial charge < -0.3 is 30.4 Å². The zero-order valence-electron chi connectivity index (χ0n) is 22.5. The highest BCUT2D eigenvalue weighted by molar-refractivity contribution is 5.91. The summed E-state index contributed by atoms with van der Waals surface area (Å²) in [5.41, 5.74) is 11.9. The Hall–Kier alpha value is -3.20. The van der Waals surface area contributed by atoms with E-state index >= 15 is 0 Å². The Kier molecular flexibility index (Phi) is 9.55. The predicted molar refractivity (Wildman–Crippen MR) is 150 cm³/mol. The second-order valence-corrected chi connectivity index (χ2v) is 10.3. The Balaban J connectivity index is 1.41. The molecule has 2 heterocycles. The summed E-state index contributed by atoms with van der Waals surface area (Å²) in [4.78, 5) is 26.6. The number of hydrogen-bond acceptors (Lipinski definition) is 5. The molecule has 2 amide bonds. The van der Waals surface area contributed by atoms with E-state index in [-0.39, 0.29) is 11.9 Å². The SMILES string of the molecule is COCCCn1c(C2CCCN(C(=O)CC(N)Cc3ccc(NC(=O)CO)cc3)C2)c(C)c2ccccc21. The maximum absolute atomic E-state index is 13.3. The van der Waals surface area contributed by atoms with Crippen molar-refractivity contribution in [3.05, 3.63) is 65.4 Å². The summed E-state index contributed by atoms with van der Waals surface area (Å²) in [6.07, 6.45) is 3.86. The second-order valence-electron chi connectivity index (χ2n) is 10.3. The van der Waals surface area contributed by atoms with Gasteiger partial charge in [0.25, 0.3) is 0 Å². The molecule has 2 aromatic carbocycles. The molecule has 2 atom stereocenters. The van der Waals surface area contributed by atoms with E-state index < -0.39 is 12.5 Å². The molecular weight excluding hydrogens is 480 g/mol. The molecule has 204 valence electrons. The van der Waals surface area contributed by atoms with Gasteiger partial charge in [-0.05, 0) is 61.9 Å². The maximum atomic E-state index is 13.3. The van der Waals surface area contributed by atoms with Gasteiger partial charge in [0.15, 0.2) is 0 Å². The number of hydrogen-bond donors (Lipinski definition) is 3. The number of benzene rings is 2. The van der Waals surface area contributed by atoms with Crippen molar-refractivity contribution in [2.24, 2.45) is 5.73 Å². The van der Waals surface area contributed by atoms with Gasteiger partial charge >= 0.3 is 0 Å². The third-order valence-electron chi connectivity index (χ3n) is 7.48. The minimum Gasteiger partial charge on any atom is -0.387 e. The van der Waals surface area contributed by atoms with Gasteiger partial charge in [0.2, 0.25) is 11.8 Å². The minimum absolute atomic E-state index is 0.105. The number of para-hydroxylation sites is 1. The van der Waals surface area contributed by atoms with E-state index in [1.807, 2.05) is 17.0 Å². The number of aromatic nitrogens is 1. The smallest absolute Gasteiger partial charge is 0.250 e. The van der Waals surface area contributed by atoms with Crippen LogP contribution >= 0.6 is 0 Å². The summed E-state index contributed by atoms with van der Waals surface area (Å²) >= 11 is 0. The molecule has 0 saturated carbocycles. The molecule has 1 aliphatic heterocycles. The number of nitrogens with two attached hydrogens (primary N) is 1. The topological polar surface area (TPSA) is 110 Å². The number of piperidine rings is 1. The Morgan fingerprint density at radius 1 is 1.18 bits per heavy atom. The van der Waals surface area contributed by atoms with Crippen LogP contribution in [0.25, 0.3) is 10.9 Å². The van der Waals surface area contributed by atoms with Crippen molar-refractivity contribution in [2.75, 3.05) is 38.7 Å². The number of aliphatic hydroxyl groups excluding tert-OH is 1. The lowest BCUT2D eigenvalue weighted by molar-refractivity contribution is -0.132. The van der Waals surface area contributed by atoms with Crippen LogP contribution in [0.15, 0.2) is 48.5 Å². The maximum Gasteiger partial charge on any atom is 0.250 e. The zero-order valence-corrected chi connectivity index (χ0v) is 22.5. The first-order chi connectivity index (χ1) is 18.4. The summed E-state index contributed by atoms with van der Waals surface area (Å²) < 4.78 is 7.76. The first kappa shape index (κ1) is 27.8. The van der Waals surface area contributed by atoms with Gasteiger partial charge in [0.1, 0.15) is 6.61 Å². The van der Waals surface area contributed by atoms with E-state index in [2.05, 4.69) is 41.1 Å². The van der Waals surface area contributed by atoms with E-state index in [1.54, 1.807) is 19.2 Å². The molecule has 38 heavy (non-hydrogen) atoms. The molecule has 0 bridgehead atoms. The highest BCUT2D eigenvalue weighted by atomic mass is 16.5. The number of methoxy groups -OCH3 is 1. The summed E-state index contributed by atoms with van der Waals surface area (Å²) in [6, 6.07) is 15.6. The van der Waals surface area contributed by atoms with Crippen LogP contribution in [0.3, 0.4) is 0 Å². The molecule has 8 heteroatoms. The van der Waals surface area contributed by atoms with Crippen molar-refractivity contribution in [3.8, 4) is 0 Å². The van der Waals surface area contributed by atoms with Crippen molar-refractivity contribution in [1.82, 2.24) is 9.47 Å². The number of rotatable bonds is 11. The fraction of sp³-hybridized carbons (Fsp3) is 0.467. The number of nitrogens with one attached hydrogen (secondary N) is 1. The zero-order chi connectivity index (χ0) is 27.1. The Morgan fingerprint density at radius 2 is 1.95 bits per heavy atom. The molecule has 4 rings (SSSR count). The van der Waals surface area contributed by atoms with E-state index in [9.17, 15) is 9.59 Å². The Labute approximate surface area is 224 Å². The summed E-state index contributed by atoms with van der Waals surface area (Å²) in [5, 5.41) is 12.8. The number of likely N-dealkylation sites (tertiary alicyclic amines) is 1. The average Bonchev–Trinajstić information content (AvgIpc) is 3.21. The summed E-state index contributed by atoms with van der Waals surface area (Å²) in [7, 11) is 1.74. The molecule has 0 aliphatic carbocycles. The van der Waals surface area contributed by atoms with Gasteiger partial charge in [0, 0.05) is 74.0 Å². The largest absolute Gasteiger partial charge is 0.387 e. The van der Waals surface area contributed by atoms with E-state index in [0.29, 0.717) is 31.0 Å². The number of carbonyl (C=O) groups is 2. The number of fused-ring (bicyclic) bond motifs is 1. The van der Waals surface area contributed by atoms with Gasteiger partial charge in [-0.15, -0.1) is 0 Å². The van der Waals surface area contributed by atoms with Crippen molar-refractivity contribution < 1.29 is 19.4 Å². The van der Waals surface area contributed by atoms with Crippen LogP contribution in [0.2, 0.25) is 0 Å². The fourth-order valence-corrected chi connectivity index (χ4v) is 5.71. The molecule has 0 radical (unpaired) electrons. The first-order valence-electron chi connectivity index (χ1n) is 13.5. The Morgan fingerprint density at radius 3 is 2.68 bits per heavy atom. The molecule has 4 N–H and O–H groups in total. The summed E-state index contributed by atoms with van der Waals surface area (Å²) in [5.74, 6) is -0.0558. The molecule has 8 nitrogen and oxygen atoms in total. The van der Waals surface area contributed by atoms with Crippen LogP contribution in [0.4, 0.5) is 5.69 Å². The van der Waals surface area contributed by atoms with E-state index in [1.165, 1.54) is 22.2 Å². The van der Waals surface area contributed by atoms with Crippen LogP contribution < -0.4 is 11.1 Å². The van der Waals surface area contributed by atoms with E-state index in [0.717, 1.165) is 44.5 Å². The van der Waals surface area contributed by atoms with Gasteiger partial charge in [-0.25, -0.2) is 0 Å². The quantitative estimate of drug-likeness (QED) is 0.335. The van der Waals surface area contributed by atoms with Crippen molar-refractivity contribution in [3.63, 3.8) is 0 Å². The number of anilines is 1. The van der Waals surface area contributed by atoms with Crippen molar-refractivity contribution in [2.45, 2.75) is 57.5 Å². The fourth-order valence-electron chi connectivity index (χ4n) is 5.71. The highest BCUT2D eigenvalue weighted by Gasteiger charge is 2.29. The number of ether oxygens (including phenoxy) is 1. The number of carbonyl (C=O) groups excluding carboxylic acids is 2.